The Morgan fingerprint density at radius 3 is 2.74 bits per heavy atom. The number of hydrogen-bond donors (Lipinski definition) is 1. The zero-order chi connectivity index (χ0) is 19.2. The van der Waals surface area contributed by atoms with E-state index < -0.39 is 0 Å². The molecule has 0 saturated carbocycles. The Morgan fingerprint density at radius 2 is 2.00 bits per heavy atom. The minimum Gasteiger partial charge on any atom is -0.497 e. The number of thiazole rings is 1. The highest BCUT2D eigenvalue weighted by Crippen LogP contribution is 2.30. The number of ether oxygens (including phenoxy) is 1. The molecule has 0 aliphatic carbocycles. The van der Waals surface area contributed by atoms with E-state index in [9.17, 15) is 4.79 Å². The van der Waals surface area contributed by atoms with Gasteiger partial charge in [0.15, 0.2) is 5.13 Å². The van der Waals surface area contributed by atoms with Crippen molar-refractivity contribution in [1.29, 1.82) is 0 Å². The van der Waals surface area contributed by atoms with Crippen molar-refractivity contribution in [1.82, 2.24) is 4.98 Å². The summed E-state index contributed by atoms with van der Waals surface area (Å²) in [6.07, 6.45) is 2.54. The second kappa shape index (κ2) is 9.46. The molecule has 0 unspecified atom stereocenters. The molecule has 0 saturated heterocycles. The summed E-state index contributed by atoms with van der Waals surface area (Å²) in [5.41, 5.74) is 1.16. The monoisotopic (exact) mass is 438 g/mol. The van der Waals surface area contributed by atoms with Crippen LogP contribution in [0, 0.1) is 0 Å². The highest BCUT2D eigenvalue weighted by Gasteiger charge is 2.10. The fourth-order valence-corrected chi connectivity index (χ4v) is 4.43. The van der Waals surface area contributed by atoms with Gasteiger partial charge in [-0.05, 0) is 35.9 Å². The third kappa shape index (κ3) is 5.87. The van der Waals surface area contributed by atoms with E-state index in [0.717, 1.165) is 27.5 Å². The van der Waals surface area contributed by atoms with Crippen LogP contribution in [0.1, 0.15) is 10.4 Å². The molecule has 3 aromatic rings. The highest BCUT2D eigenvalue weighted by atomic mass is 35.5. The van der Waals surface area contributed by atoms with Gasteiger partial charge in [-0.25, -0.2) is 4.98 Å². The van der Waals surface area contributed by atoms with Crippen LogP contribution in [0.25, 0.3) is 0 Å². The lowest BCUT2D eigenvalue weighted by atomic mass is 10.1. The molecule has 0 aliphatic heterocycles. The van der Waals surface area contributed by atoms with Crippen molar-refractivity contribution in [2.75, 3.05) is 18.2 Å². The van der Waals surface area contributed by atoms with Gasteiger partial charge >= 0.3 is 0 Å². The van der Waals surface area contributed by atoms with Gasteiger partial charge in [0.05, 0.1) is 17.9 Å². The van der Waals surface area contributed by atoms with E-state index in [2.05, 4.69) is 10.3 Å². The number of nitrogens with zero attached hydrogens (tertiary/aromatic N) is 1. The molecule has 4 nitrogen and oxygen atoms in total. The van der Waals surface area contributed by atoms with E-state index in [0.29, 0.717) is 15.2 Å². The number of halogens is 2. The first-order chi connectivity index (χ1) is 13.0. The molecule has 8 heteroatoms. The Hall–Kier alpha value is -1.73. The number of thioether (sulfide) groups is 1. The van der Waals surface area contributed by atoms with Crippen molar-refractivity contribution >= 4 is 57.3 Å². The summed E-state index contributed by atoms with van der Waals surface area (Å²) >= 11 is 14.9. The first-order valence-electron chi connectivity index (χ1n) is 7.99. The van der Waals surface area contributed by atoms with Crippen molar-refractivity contribution in [3.8, 4) is 5.75 Å². The van der Waals surface area contributed by atoms with Crippen LogP contribution < -0.4 is 10.1 Å². The lowest BCUT2D eigenvalue weighted by molar-refractivity contribution is -0.113. The smallest absolute Gasteiger partial charge is 0.236 e. The number of nitrogens with one attached hydrogen (secondary N) is 1. The van der Waals surface area contributed by atoms with E-state index in [1.54, 1.807) is 31.5 Å². The molecule has 3 rings (SSSR count). The molecule has 1 aromatic heterocycles. The lowest BCUT2D eigenvalue weighted by Crippen LogP contribution is -2.13. The molecule has 0 aliphatic rings. The summed E-state index contributed by atoms with van der Waals surface area (Å²) in [4.78, 5) is 18.3. The number of methoxy groups -OCH3 is 1. The van der Waals surface area contributed by atoms with Gasteiger partial charge in [-0.15, -0.1) is 23.1 Å². The molecule has 0 radical (unpaired) electrons. The van der Waals surface area contributed by atoms with E-state index in [1.807, 2.05) is 24.3 Å². The summed E-state index contributed by atoms with van der Waals surface area (Å²) < 4.78 is 5.16. The average Bonchev–Trinajstić information content (AvgIpc) is 3.10. The molecule has 1 heterocycles. The Kier molecular flexibility index (Phi) is 7.01. The van der Waals surface area contributed by atoms with Crippen LogP contribution in [0.15, 0.2) is 53.6 Å². The topological polar surface area (TPSA) is 51.2 Å². The lowest BCUT2D eigenvalue weighted by Gasteiger charge is -2.04. The third-order valence-corrected chi connectivity index (χ3v) is 6.23. The third-order valence-electron chi connectivity index (χ3n) is 3.59. The maximum atomic E-state index is 12.2. The Labute approximate surface area is 175 Å². The maximum Gasteiger partial charge on any atom is 0.236 e. The second-order valence-corrected chi connectivity index (χ2v) is 8.54. The molecule has 0 bridgehead atoms. The van der Waals surface area contributed by atoms with Crippen LogP contribution in [0.2, 0.25) is 10.0 Å². The number of rotatable bonds is 7. The Balaban J connectivity index is 1.53. The normalized spacial score (nSPS) is 10.6. The van der Waals surface area contributed by atoms with Crippen LogP contribution in [-0.2, 0) is 11.2 Å². The quantitative estimate of drug-likeness (QED) is 0.474. The summed E-state index contributed by atoms with van der Waals surface area (Å²) in [5.74, 6) is 0.919. The first kappa shape index (κ1) is 20.0. The van der Waals surface area contributed by atoms with Crippen LogP contribution in [0.5, 0.6) is 5.75 Å². The zero-order valence-corrected chi connectivity index (χ0v) is 17.5. The van der Waals surface area contributed by atoms with Crippen molar-refractivity contribution in [2.45, 2.75) is 11.3 Å². The van der Waals surface area contributed by atoms with Crippen LogP contribution in [0.3, 0.4) is 0 Å². The van der Waals surface area contributed by atoms with Crippen LogP contribution >= 0.6 is 46.3 Å². The minimum absolute atomic E-state index is 0.138. The molecule has 2 aromatic carbocycles. The van der Waals surface area contributed by atoms with Gasteiger partial charge in [-0.2, -0.15) is 0 Å². The summed E-state index contributed by atoms with van der Waals surface area (Å²) in [6.45, 7) is 0. The first-order valence-corrected chi connectivity index (χ1v) is 10.5. The summed E-state index contributed by atoms with van der Waals surface area (Å²) in [6, 6.07) is 13.1. The molecule has 1 amide bonds. The van der Waals surface area contributed by atoms with Crippen molar-refractivity contribution in [2.24, 2.45) is 0 Å². The number of hydrogen-bond acceptors (Lipinski definition) is 5. The van der Waals surface area contributed by atoms with Gasteiger partial charge in [0, 0.05) is 27.4 Å². The molecule has 27 heavy (non-hydrogen) atoms. The van der Waals surface area contributed by atoms with Gasteiger partial charge < -0.3 is 10.1 Å². The van der Waals surface area contributed by atoms with Crippen molar-refractivity contribution in [3.05, 3.63) is 69.1 Å². The molecule has 140 valence electrons. The Morgan fingerprint density at radius 1 is 1.22 bits per heavy atom. The van der Waals surface area contributed by atoms with Crippen molar-refractivity contribution in [3.63, 3.8) is 0 Å². The van der Waals surface area contributed by atoms with Gasteiger partial charge in [0.1, 0.15) is 5.75 Å². The minimum atomic E-state index is -0.138. The molecule has 0 atom stereocenters. The Bertz CT molecular complexity index is 930. The molecular weight excluding hydrogens is 423 g/mol. The maximum absolute atomic E-state index is 12.2. The van der Waals surface area contributed by atoms with Crippen LogP contribution in [-0.4, -0.2) is 23.8 Å². The molecule has 0 fully saturated rings. The van der Waals surface area contributed by atoms with Gasteiger partial charge in [-0.3, -0.25) is 4.79 Å². The second-order valence-electron chi connectivity index (χ2n) is 5.57. The molecule has 1 N–H and O–H groups in total. The predicted octanol–water partition coefficient (Wildman–Crippen LogP) is 5.78. The molecular formula is C19H16Cl2N2O2S2. The number of aromatic nitrogens is 1. The fourth-order valence-electron chi connectivity index (χ4n) is 2.28. The largest absolute Gasteiger partial charge is 0.497 e. The number of anilines is 1. The van der Waals surface area contributed by atoms with Gasteiger partial charge in [0.25, 0.3) is 0 Å². The number of carbonyl (C=O) groups is 1. The van der Waals surface area contributed by atoms with Gasteiger partial charge in [0.2, 0.25) is 5.91 Å². The number of amides is 1. The standard InChI is InChI=1S/C19H16Cl2N2O2S2/c1-25-14-5-2-12(3-6-14)8-15-10-22-19(27-15)23-18(24)11-26-17-9-13(20)4-7-16(17)21/h2-7,9-10H,8,11H2,1H3,(H,22,23,24). The molecule has 0 spiro atoms. The van der Waals surface area contributed by atoms with Crippen molar-refractivity contribution < 1.29 is 9.53 Å². The fraction of sp³-hybridized carbons (Fsp3) is 0.158. The average molecular weight is 439 g/mol. The van der Waals surface area contributed by atoms with E-state index in [1.165, 1.54) is 23.1 Å². The van der Waals surface area contributed by atoms with E-state index in [4.69, 9.17) is 27.9 Å². The van der Waals surface area contributed by atoms with Crippen LogP contribution in [0.4, 0.5) is 5.13 Å². The van der Waals surface area contributed by atoms with E-state index >= 15 is 0 Å². The number of benzene rings is 2. The number of carbonyl (C=O) groups excluding carboxylic acids is 1. The summed E-state index contributed by atoms with van der Waals surface area (Å²) in [7, 11) is 1.64. The summed E-state index contributed by atoms with van der Waals surface area (Å²) in [5, 5.41) is 4.57. The van der Waals surface area contributed by atoms with E-state index in [-0.39, 0.29) is 11.7 Å². The zero-order valence-electron chi connectivity index (χ0n) is 14.4. The predicted molar refractivity (Wildman–Crippen MR) is 114 cm³/mol. The van der Waals surface area contributed by atoms with Gasteiger partial charge in [-0.1, -0.05) is 35.3 Å². The highest BCUT2D eigenvalue weighted by molar-refractivity contribution is 8.00. The SMILES string of the molecule is COc1ccc(Cc2cnc(NC(=O)CSc3cc(Cl)ccc3Cl)s2)cc1.